The Morgan fingerprint density at radius 2 is 1.94 bits per heavy atom. The molecule has 1 aromatic heterocycles. The van der Waals surface area contributed by atoms with Crippen molar-refractivity contribution in [3.63, 3.8) is 0 Å². The van der Waals surface area contributed by atoms with Gasteiger partial charge in [0.1, 0.15) is 5.01 Å². The number of hydrogen-bond acceptors (Lipinski definition) is 3. The molecule has 2 aromatic rings. The molecule has 5 heteroatoms. The van der Waals surface area contributed by atoms with E-state index in [1.54, 1.807) is 24.4 Å². The molecule has 0 aliphatic rings. The molecule has 16 heavy (non-hydrogen) atoms. The number of carbonyl (C=O) groups excluding carboxylic acids is 1. The van der Waals surface area contributed by atoms with Crippen LogP contribution in [0.2, 0.25) is 10.0 Å². The van der Waals surface area contributed by atoms with Crippen molar-refractivity contribution in [1.29, 1.82) is 0 Å². The number of carbonyl (C=O) groups is 1. The molecule has 0 aliphatic heterocycles. The standard InChI is InChI=1S/C11H7Cl2NOS/c12-8-3-7(4-9(13)5-8)10(15)6-11-14-1-2-16-11/h1-5H,6H2. The normalized spacial score (nSPS) is 10.4. The van der Waals surface area contributed by atoms with E-state index >= 15 is 0 Å². The first-order valence-corrected chi connectivity index (χ1v) is 6.16. The average molecular weight is 272 g/mol. The Balaban J connectivity index is 2.21. The molecular formula is C11H7Cl2NOS. The molecule has 0 atom stereocenters. The van der Waals surface area contributed by atoms with Gasteiger partial charge in [-0.25, -0.2) is 4.98 Å². The number of ketones is 1. The summed E-state index contributed by atoms with van der Waals surface area (Å²) in [5.74, 6) is -0.0284. The van der Waals surface area contributed by atoms with Crippen LogP contribution in [0.4, 0.5) is 0 Å². The van der Waals surface area contributed by atoms with E-state index in [0.717, 1.165) is 5.01 Å². The smallest absolute Gasteiger partial charge is 0.169 e. The second-order valence-corrected chi connectivity index (χ2v) is 5.04. The summed E-state index contributed by atoms with van der Waals surface area (Å²) in [6, 6.07) is 4.83. The first kappa shape index (κ1) is 11.6. The lowest BCUT2D eigenvalue weighted by molar-refractivity contribution is 0.0993. The minimum absolute atomic E-state index is 0.0284. The van der Waals surface area contributed by atoms with Crippen molar-refractivity contribution in [2.75, 3.05) is 0 Å². The number of nitrogens with zero attached hydrogens (tertiary/aromatic N) is 1. The van der Waals surface area contributed by atoms with Gasteiger partial charge >= 0.3 is 0 Å². The van der Waals surface area contributed by atoms with Gasteiger partial charge in [-0.1, -0.05) is 23.2 Å². The minimum Gasteiger partial charge on any atom is -0.294 e. The maximum Gasteiger partial charge on any atom is 0.169 e. The molecule has 0 bridgehead atoms. The summed E-state index contributed by atoms with van der Waals surface area (Å²) in [7, 11) is 0. The average Bonchev–Trinajstić information content (AvgIpc) is 2.68. The monoisotopic (exact) mass is 271 g/mol. The van der Waals surface area contributed by atoms with E-state index in [0.29, 0.717) is 15.6 Å². The molecule has 2 rings (SSSR count). The van der Waals surface area contributed by atoms with E-state index < -0.39 is 0 Å². The summed E-state index contributed by atoms with van der Waals surface area (Å²) < 4.78 is 0. The molecule has 0 N–H and O–H groups in total. The zero-order chi connectivity index (χ0) is 11.5. The van der Waals surface area contributed by atoms with Crippen LogP contribution < -0.4 is 0 Å². The van der Waals surface area contributed by atoms with Crippen molar-refractivity contribution < 1.29 is 4.79 Å². The third kappa shape index (κ3) is 2.82. The van der Waals surface area contributed by atoms with Crippen LogP contribution in [0.5, 0.6) is 0 Å². The maximum atomic E-state index is 11.9. The number of hydrogen-bond donors (Lipinski definition) is 0. The van der Waals surface area contributed by atoms with Crippen LogP contribution in [0.15, 0.2) is 29.8 Å². The van der Waals surface area contributed by atoms with Crippen LogP contribution in [-0.4, -0.2) is 10.8 Å². The Labute approximate surface area is 107 Å². The van der Waals surface area contributed by atoms with E-state index in [1.807, 2.05) is 5.38 Å². The third-order valence-electron chi connectivity index (χ3n) is 1.98. The lowest BCUT2D eigenvalue weighted by atomic mass is 10.1. The number of rotatable bonds is 3. The first-order chi connectivity index (χ1) is 7.65. The van der Waals surface area contributed by atoms with Crippen LogP contribution in [-0.2, 0) is 6.42 Å². The molecule has 0 aliphatic carbocycles. The summed E-state index contributed by atoms with van der Waals surface area (Å²) in [4.78, 5) is 15.9. The molecule has 0 fully saturated rings. The van der Waals surface area contributed by atoms with Gasteiger partial charge in [-0.3, -0.25) is 4.79 Å². The Morgan fingerprint density at radius 3 is 2.50 bits per heavy atom. The van der Waals surface area contributed by atoms with Crippen molar-refractivity contribution in [2.45, 2.75) is 6.42 Å². The number of thiazole rings is 1. The molecular weight excluding hydrogens is 265 g/mol. The summed E-state index contributed by atoms with van der Waals surface area (Å²) in [5, 5.41) is 3.57. The van der Waals surface area contributed by atoms with Crippen molar-refractivity contribution in [2.24, 2.45) is 0 Å². The predicted octanol–water partition coefficient (Wildman–Crippen LogP) is 3.88. The maximum absolute atomic E-state index is 11.9. The summed E-state index contributed by atoms with van der Waals surface area (Å²) in [5.41, 5.74) is 0.521. The minimum atomic E-state index is -0.0284. The fraction of sp³-hybridized carbons (Fsp3) is 0.0909. The van der Waals surface area contributed by atoms with Crippen molar-refractivity contribution in [3.05, 3.63) is 50.4 Å². The van der Waals surface area contributed by atoms with Gasteiger partial charge in [0, 0.05) is 27.2 Å². The van der Waals surface area contributed by atoms with Gasteiger partial charge < -0.3 is 0 Å². The zero-order valence-electron chi connectivity index (χ0n) is 8.11. The number of aromatic nitrogens is 1. The van der Waals surface area contributed by atoms with E-state index in [-0.39, 0.29) is 12.2 Å². The lowest BCUT2D eigenvalue weighted by Crippen LogP contribution is -2.03. The Hall–Kier alpha value is -0.900. The fourth-order valence-corrected chi connectivity index (χ4v) is 2.44. The molecule has 0 saturated heterocycles. The van der Waals surface area contributed by atoms with E-state index in [1.165, 1.54) is 11.3 Å². The Morgan fingerprint density at radius 1 is 1.25 bits per heavy atom. The number of Topliss-reactive ketones (excluding diaryl/α,β-unsaturated/α-hetero) is 1. The highest BCUT2D eigenvalue weighted by Gasteiger charge is 2.10. The van der Waals surface area contributed by atoms with Gasteiger partial charge in [0.05, 0.1) is 6.42 Å². The molecule has 0 saturated carbocycles. The second kappa shape index (κ2) is 4.95. The highest BCUT2D eigenvalue weighted by Crippen LogP contribution is 2.20. The molecule has 0 radical (unpaired) electrons. The summed E-state index contributed by atoms with van der Waals surface area (Å²) >= 11 is 13.1. The van der Waals surface area contributed by atoms with Crippen molar-refractivity contribution in [1.82, 2.24) is 4.98 Å². The molecule has 1 aromatic carbocycles. The Bertz CT molecular complexity index is 490. The summed E-state index contributed by atoms with van der Waals surface area (Å²) in [6.07, 6.45) is 1.96. The van der Waals surface area contributed by atoms with E-state index in [2.05, 4.69) is 4.98 Å². The van der Waals surface area contributed by atoms with Crippen LogP contribution in [0.3, 0.4) is 0 Å². The quantitative estimate of drug-likeness (QED) is 0.794. The third-order valence-corrected chi connectivity index (χ3v) is 3.20. The highest BCUT2D eigenvalue weighted by molar-refractivity contribution is 7.09. The SMILES string of the molecule is O=C(Cc1nccs1)c1cc(Cl)cc(Cl)c1. The van der Waals surface area contributed by atoms with Gasteiger partial charge in [0.25, 0.3) is 0 Å². The molecule has 0 unspecified atom stereocenters. The largest absolute Gasteiger partial charge is 0.294 e. The molecule has 2 nitrogen and oxygen atoms in total. The predicted molar refractivity (Wildman–Crippen MR) is 66.6 cm³/mol. The second-order valence-electron chi connectivity index (χ2n) is 3.18. The van der Waals surface area contributed by atoms with E-state index in [9.17, 15) is 4.79 Å². The lowest BCUT2D eigenvalue weighted by Gasteiger charge is -2.00. The number of benzene rings is 1. The molecule has 82 valence electrons. The van der Waals surface area contributed by atoms with Gasteiger partial charge in [-0.2, -0.15) is 0 Å². The fourth-order valence-electron chi connectivity index (χ4n) is 1.29. The summed E-state index contributed by atoms with van der Waals surface area (Å²) in [6.45, 7) is 0. The molecule has 1 heterocycles. The van der Waals surface area contributed by atoms with Gasteiger partial charge in [-0.15, -0.1) is 11.3 Å². The van der Waals surface area contributed by atoms with Crippen LogP contribution in [0.1, 0.15) is 15.4 Å². The van der Waals surface area contributed by atoms with Gasteiger partial charge in [0.15, 0.2) is 5.78 Å². The van der Waals surface area contributed by atoms with Crippen LogP contribution in [0.25, 0.3) is 0 Å². The first-order valence-electron chi connectivity index (χ1n) is 4.53. The van der Waals surface area contributed by atoms with Gasteiger partial charge in [0.2, 0.25) is 0 Å². The Kier molecular flexibility index (Phi) is 3.59. The number of halogens is 2. The van der Waals surface area contributed by atoms with Crippen molar-refractivity contribution in [3.8, 4) is 0 Å². The highest BCUT2D eigenvalue weighted by atomic mass is 35.5. The van der Waals surface area contributed by atoms with Crippen LogP contribution >= 0.6 is 34.5 Å². The van der Waals surface area contributed by atoms with Gasteiger partial charge in [-0.05, 0) is 18.2 Å². The van der Waals surface area contributed by atoms with E-state index in [4.69, 9.17) is 23.2 Å². The molecule has 0 spiro atoms. The van der Waals surface area contributed by atoms with Crippen LogP contribution in [0, 0.1) is 0 Å². The topological polar surface area (TPSA) is 30.0 Å². The van der Waals surface area contributed by atoms with Crippen molar-refractivity contribution >= 4 is 40.3 Å². The zero-order valence-corrected chi connectivity index (χ0v) is 10.4. The molecule has 0 amide bonds.